The predicted molar refractivity (Wildman–Crippen MR) is 197 cm³/mol. The number of ether oxygens (including phenoxy) is 2. The number of likely N-dealkylation sites (tertiary alicyclic amines) is 1. The summed E-state index contributed by atoms with van der Waals surface area (Å²) in [7, 11) is 4.37. The molecule has 0 bridgehead atoms. The summed E-state index contributed by atoms with van der Waals surface area (Å²) in [5.74, 6) is -1.97. The number of methoxy groups -OCH3 is 2. The van der Waals surface area contributed by atoms with Gasteiger partial charge in [0.1, 0.15) is 23.6 Å². The van der Waals surface area contributed by atoms with E-state index in [0.29, 0.717) is 40.6 Å². The molecule has 3 fully saturated rings. The van der Waals surface area contributed by atoms with Crippen molar-refractivity contribution in [1.82, 2.24) is 20.9 Å². The number of hydrogen-bond acceptors (Lipinski definition) is 9. The zero-order valence-electron chi connectivity index (χ0n) is 31.0. The van der Waals surface area contributed by atoms with Crippen LogP contribution in [-0.4, -0.2) is 91.6 Å². The number of carbonyl (C=O) groups excluding carboxylic acids is 5. The lowest BCUT2D eigenvalue weighted by molar-refractivity contribution is -0.145. The average Bonchev–Trinajstić information content (AvgIpc) is 4.07. The Hall–Kier alpha value is -4.65. The van der Waals surface area contributed by atoms with E-state index in [2.05, 4.69) is 21.1 Å². The molecule has 6 atom stereocenters. The van der Waals surface area contributed by atoms with E-state index in [-0.39, 0.29) is 43.0 Å². The van der Waals surface area contributed by atoms with E-state index in [9.17, 15) is 24.0 Å². The average molecular weight is 750 g/mol. The first-order valence-corrected chi connectivity index (χ1v) is 18.5. The first-order valence-electron chi connectivity index (χ1n) is 18.1. The highest BCUT2D eigenvalue weighted by Crippen LogP contribution is 2.48. The van der Waals surface area contributed by atoms with Gasteiger partial charge in [0.25, 0.3) is 5.91 Å². The van der Waals surface area contributed by atoms with E-state index in [0.717, 1.165) is 18.4 Å². The summed E-state index contributed by atoms with van der Waals surface area (Å²) in [5, 5.41) is 13.0. The second kappa shape index (κ2) is 15.0. The second-order valence-electron chi connectivity index (χ2n) is 15.7. The van der Waals surface area contributed by atoms with Crippen LogP contribution in [0, 0.1) is 17.3 Å². The maximum absolute atomic E-state index is 14.8. The Morgan fingerprint density at radius 3 is 2.34 bits per heavy atom. The molecule has 13 nitrogen and oxygen atoms in total. The van der Waals surface area contributed by atoms with Crippen LogP contribution in [0.3, 0.4) is 0 Å². The molecule has 1 spiro atoms. The van der Waals surface area contributed by atoms with Gasteiger partial charge in [0, 0.05) is 37.4 Å². The summed E-state index contributed by atoms with van der Waals surface area (Å²) in [4.78, 5) is 75.8. The lowest BCUT2D eigenvalue weighted by Crippen LogP contribution is -2.59. The second-order valence-corrected chi connectivity index (χ2v) is 16.1. The van der Waals surface area contributed by atoms with Gasteiger partial charge in [-0.3, -0.25) is 24.0 Å². The van der Waals surface area contributed by atoms with E-state index in [1.165, 1.54) is 26.2 Å². The number of rotatable bonds is 13. The van der Waals surface area contributed by atoms with Crippen molar-refractivity contribution >= 4 is 46.7 Å². The minimum absolute atomic E-state index is 0.0294. The Morgan fingerprint density at radius 1 is 1.02 bits per heavy atom. The molecule has 6 rings (SSSR count). The minimum Gasteiger partial charge on any atom is -0.496 e. The predicted octanol–water partition coefficient (Wildman–Crippen LogP) is 3.76. The number of hydrogen-bond donors (Lipinski definition) is 3. The Kier molecular flexibility index (Phi) is 10.8. The zero-order valence-corrected chi connectivity index (χ0v) is 31.7. The fourth-order valence-corrected chi connectivity index (χ4v) is 7.69. The highest BCUT2D eigenvalue weighted by molar-refractivity contribution is 6.38. The monoisotopic (exact) mass is 749 g/mol. The summed E-state index contributed by atoms with van der Waals surface area (Å²) in [6.45, 7) is 5.55. The number of carbonyl (C=O) groups is 5. The van der Waals surface area contributed by atoms with Gasteiger partial charge in [-0.25, -0.2) is 0 Å². The molecule has 2 heterocycles. The van der Waals surface area contributed by atoms with Gasteiger partial charge < -0.3 is 35.2 Å². The molecule has 14 heteroatoms. The van der Waals surface area contributed by atoms with Crippen molar-refractivity contribution in [2.75, 3.05) is 27.8 Å². The van der Waals surface area contributed by atoms with Crippen molar-refractivity contribution in [2.45, 2.75) is 88.9 Å². The first-order chi connectivity index (χ1) is 25.2. The molecule has 0 radical (unpaired) electrons. The van der Waals surface area contributed by atoms with Crippen LogP contribution in [-0.2, 0) is 28.8 Å². The number of Topliss-reactive ketones (excluding diaryl/α,β-unsaturated/α-hetero) is 1. The molecule has 2 aliphatic carbocycles. The van der Waals surface area contributed by atoms with Gasteiger partial charge in [-0.05, 0) is 41.7 Å². The van der Waals surface area contributed by atoms with Crippen molar-refractivity contribution < 1.29 is 38.3 Å². The van der Waals surface area contributed by atoms with Crippen LogP contribution in [0.15, 0.2) is 47.6 Å². The molecule has 2 aliphatic heterocycles. The number of amides is 4. The fourth-order valence-electron chi connectivity index (χ4n) is 7.44. The summed E-state index contributed by atoms with van der Waals surface area (Å²) in [6, 6.07) is 9.96. The molecule has 2 saturated carbocycles. The van der Waals surface area contributed by atoms with Gasteiger partial charge in [-0.1, -0.05) is 80.7 Å². The molecular formula is C39H48ClN5O8. The van der Waals surface area contributed by atoms with E-state index in [1.54, 1.807) is 12.1 Å². The van der Waals surface area contributed by atoms with E-state index >= 15 is 0 Å². The number of ketones is 1. The van der Waals surface area contributed by atoms with Gasteiger partial charge in [0.15, 0.2) is 5.60 Å². The minimum atomic E-state index is -1.12. The summed E-state index contributed by atoms with van der Waals surface area (Å²) in [5.41, 5.74) is 0.278. The first kappa shape index (κ1) is 38.1. The van der Waals surface area contributed by atoms with Crippen molar-refractivity contribution in [2.24, 2.45) is 22.4 Å². The summed E-state index contributed by atoms with van der Waals surface area (Å²) in [6.07, 6.45) is 3.03. The van der Waals surface area contributed by atoms with Crippen LogP contribution < -0.4 is 25.4 Å². The normalized spacial score (nSPS) is 24.4. The van der Waals surface area contributed by atoms with Crippen molar-refractivity contribution in [3.8, 4) is 11.5 Å². The number of nitrogens with one attached hydrogen (secondary N) is 3. The Labute approximate surface area is 314 Å². The van der Waals surface area contributed by atoms with Gasteiger partial charge in [0.05, 0.1) is 37.5 Å². The molecule has 4 aliphatic rings. The number of benzene rings is 2. The Bertz CT molecular complexity index is 1810. The third-order valence-corrected chi connectivity index (χ3v) is 11.0. The van der Waals surface area contributed by atoms with Crippen molar-refractivity contribution in [3.05, 3.63) is 58.6 Å². The third kappa shape index (κ3) is 8.14. The molecule has 2 aromatic rings. The molecular weight excluding hydrogens is 702 g/mol. The molecule has 1 saturated heterocycles. The molecule has 0 aromatic heterocycles. The van der Waals surface area contributed by atoms with Crippen LogP contribution in [0.2, 0.25) is 5.02 Å². The molecule has 3 N–H and O–H groups in total. The topological polar surface area (TPSA) is 165 Å². The standard InChI is InChI=1S/C39H48ClN5O8/c1-38(2,3)33(43-34(47)24-15-23(24)22-10-8-7-9-11-22)37(50)45-20-39(18-28(44-53-39)25-16-26(40)31(52-6)17-30(25)51-5)19-29(45)35(48)42-27(14-21-12-13-21)32(46)36(49)41-4/h7-11,16-17,21,23-24,27,29,33H,12-15,18-20H2,1-6H3,(H,41,49)(H,42,48)(H,43,47)/t23-,24+,27-,29-,33+,39+/m0/s1. The molecule has 0 unspecified atom stereocenters. The lowest BCUT2D eigenvalue weighted by Gasteiger charge is -2.35. The van der Waals surface area contributed by atoms with Crippen LogP contribution in [0.4, 0.5) is 0 Å². The quantitative estimate of drug-likeness (QED) is 0.261. The van der Waals surface area contributed by atoms with Gasteiger partial charge in [-0.15, -0.1) is 0 Å². The Balaban J connectivity index is 1.28. The Morgan fingerprint density at radius 2 is 1.72 bits per heavy atom. The molecule has 53 heavy (non-hydrogen) atoms. The number of likely N-dealkylation sites (N-methyl/N-ethyl adjacent to an activating group) is 1. The lowest BCUT2D eigenvalue weighted by atomic mass is 9.85. The summed E-state index contributed by atoms with van der Waals surface area (Å²) < 4.78 is 11.0. The largest absolute Gasteiger partial charge is 0.496 e. The van der Waals surface area contributed by atoms with Crippen LogP contribution in [0.1, 0.15) is 76.3 Å². The van der Waals surface area contributed by atoms with Gasteiger partial charge in [-0.2, -0.15) is 0 Å². The maximum Gasteiger partial charge on any atom is 0.289 e. The summed E-state index contributed by atoms with van der Waals surface area (Å²) >= 11 is 6.48. The van der Waals surface area contributed by atoms with Crippen LogP contribution >= 0.6 is 11.6 Å². The van der Waals surface area contributed by atoms with Gasteiger partial charge >= 0.3 is 0 Å². The SMILES string of the molecule is CNC(=O)C(=O)[C@H](CC1CC1)NC(=O)[C@@H]1C[C@]2(CC(c3cc(Cl)c(OC)cc3OC)=NO2)CN1C(=O)[C@@H](NC(=O)[C@@H]1C[C@H]1c1ccccc1)C(C)(C)C. The third-order valence-electron chi connectivity index (χ3n) is 10.7. The number of nitrogens with zero attached hydrogens (tertiary/aromatic N) is 2. The maximum atomic E-state index is 14.8. The molecule has 284 valence electrons. The smallest absolute Gasteiger partial charge is 0.289 e. The van der Waals surface area contributed by atoms with E-state index < -0.39 is 52.6 Å². The number of halogens is 1. The highest BCUT2D eigenvalue weighted by atomic mass is 35.5. The van der Waals surface area contributed by atoms with Crippen LogP contribution in [0.25, 0.3) is 0 Å². The van der Waals surface area contributed by atoms with E-state index in [1.807, 2.05) is 51.1 Å². The van der Waals surface area contributed by atoms with Crippen molar-refractivity contribution in [1.29, 1.82) is 0 Å². The number of oxime groups is 1. The van der Waals surface area contributed by atoms with Gasteiger partial charge in [0.2, 0.25) is 23.5 Å². The molecule has 4 amide bonds. The highest BCUT2D eigenvalue weighted by Gasteiger charge is 2.56. The fraction of sp³-hybridized carbons (Fsp3) is 0.538. The zero-order chi connectivity index (χ0) is 38.2. The van der Waals surface area contributed by atoms with E-state index in [4.69, 9.17) is 25.9 Å². The molecule has 2 aromatic carbocycles. The van der Waals surface area contributed by atoms with Crippen molar-refractivity contribution in [3.63, 3.8) is 0 Å². The van der Waals surface area contributed by atoms with Crippen LogP contribution in [0.5, 0.6) is 11.5 Å².